The Hall–Kier alpha value is -2.67. The van der Waals surface area contributed by atoms with Crippen molar-refractivity contribution in [2.24, 2.45) is 5.84 Å². The molecule has 0 bridgehead atoms. The van der Waals surface area contributed by atoms with E-state index in [9.17, 15) is 0 Å². The molecule has 112 valence electrons. The second-order valence-electron chi connectivity index (χ2n) is 5.54. The first-order valence-electron chi connectivity index (χ1n) is 7.25. The van der Waals surface area contributed by atoms with Crippen molar-refractivity contribution in [3.8, 4) is 0 Å². The normalized spacial score (nSPS) is 15.1. The van der Waals surface area contributed by atoms with Crippen molar-refractivity contribution in [3.05, 3.63) is 42.0 Å². The summed E-state index contributed by atoms with van der Waals surface area (Å²) in [6, 6.07) is 9.96. The van der Waals surface area contributed by atoms with Gasteiger partial charge in [-0.15, -0.1) is 0 Å². The molecule has 4 rings (SSSR count). The molecule has 7 heteroatoms. The van der Waals surface area contributed by atoms with Gasteiger partial charge in [-0.1, -0.05) is 12.1 Å². The molecule has 0 atom stereocenters. The van der Waals surface area contributed by atoms with Crippen molar-refractivity contribution < 1.29 is 0 Å². The molecule has 0 radical (unpaired) electrons. The van der Waals surface area contributed by atoms with Gasteiger partial charge in [0.1, 0.15) is 23.3 Å². The van der Waals surface area contributed by atoms with Crippen LogP contribution in [0.15, 0.2) is 30.3 Å². The van der Waals surface area contributed by atoms with Crippen LogP contribution >= 0.6 is 0 Å². The van der Waals surface area contributed by atoms with Crippen molar-refractivity contribution >= 4 is 22.7 Å². The number of aryl methyl sites for hydroxylation is 1. The fraction of sp³-hybridized carbons (Fsp3) is 0.267. The van der Waals surface area contributed by atoms with Crippen molar-refractivity contribution in [2.75, 3.05) is 23.4 Å². The van der Waals surface area contributed by atoms with Gasteiger partial charge in [-0.2, -0.15) is 0 Å². The molecule has 2 aromatic heterocycles. The van der Waals surface area contributed by atoms with Gasteiger partial charge >= 0.3 is 0 Å². The molecular formula is C15H17N7. The lowest BCUT2D eigenvalue weighted by molar-refractivity contribution is 0.500. The van der Waals surface area contributed by atoms with Gasteiger partial charge in [-0.3, -0.25) is 0 Å². The van der Waals surface area contributed by atoms with E-state index < -0.39 is 0 Å². The number of aromatic amines is 1. The van der Waals surface area contributed by atoms with Gasteiger partial charge in [0, 0.05) is 19.2 Å². The highest BCUT2D eigenvalue weighted by atomic mass is 15.3. The number of hydrogen-bond acceptors (Lipinski definition) is 6. The van der Waals surface area contributed by atoms with Gasteiger partial charge in [0.05, 0.1) is 17.0 Å². The number of nitrogens with two attached hydrogens (primary N) is 1. The van der Waals surface area contributed by atoms with Crippen molar-refractivity contribution in [1.82, 2.24) is 19.9 Å². The number of rotatable bonds is 3. The number of hydrogen-bond donors (Lipinski definition) is 3. The number of nitrogens with zero attached hydrogens (tertiary/aromatic N) is 4. The molecule has 0 saturated carbocycles. The first kappa shape index (κ1) is 13.0. The van der Waals surface area contributed by atoms with Crippen LogP contribution < -0.4 is 16.2 Å². The first-order valence-corrected chi connectivity index (χ1v) is 7.25. The van der Waals surface area contributed by atoms with E-state index in [0.29, 0.717) is 17.6 Å². The van der Waals surface area contributed by atoms with Crippen LogP contribution in [0.2, 0.25) is 0 Å². The van der Waals surface area contributed by atoms with Gasteiger partial charge in [-0.05, 0) is 19.1 Å². The summed E-state index contributed by atoms with van der Waals surface area (Å²) in [5.74, 6) is 9.11. The maximum atomic E-state index is 5.43. The summed E-state index contributed by atoms with van der Waals surface area (Å²) < 4.78 is 0. The van der Waals surface area contributed by atoms with Crippen molar-refractivity contribution in [3.63, 3.8) is 0 Å². The number of imidazole rings is 1. The second-order valence-corrected chi connectivity index (χ2v) is 5.54. The Morgan fingerprint density at radius 2 is 2.05 bits per heavy atom. The zero-order valence-electron chi connectivity index (χ0n) is 12.2. The largest absolute Gasteiger partial charge is 0.355 e. The van der Waals surface area contributed by atoms with Crippen LogP contribution in [0.4, 0.5) is 11.6 Å². The minimum atomic E-state index is 0.400. The van der Waals surface area contributed by atoms with E-state index in [1.807, 2.05) is 31.2 Å². The molecule has 1 aliphatic heterocycles. The number of anilines is 2. The Labute approximate surface area is 127 Å². The Morgan fingerprint density at radius 3 is 2.82 bits per heavy atom. The summed E-state index contributed by atoms with van der Waals surface area (Å²) >= 11 is 0. The molecule has 7 nitrogen and oxygen atoms in total. The van der Waals surface area contributed by atoms with Crippen LogP contribution in [-0.2, 0) is 0 Å². The van der Waals surface area contributed by atoms with Crippen LogP contribution in [0.5, 0.6) is 0 Å². The zero-order valence-corrected chi connectivity index (χ0v) is 12.2. The molecule has 0 amide bonds. The van der Waals surface area contributed by atoms with Crippen LogP contribution in [0.1, 0.15) is 17.6 Å². The summed E-state index contributed by atoms with van der Waals surface area (Å²) in [6.45, 7) is 3.64. The molecule has 22 heavy (non-hydrogen) atoms. The Morgan fingerprint density at radius 1 is 1.23 bits per heavy atom. The van der Waals surface area contributed by atoms with Gasteiger partial charge in [0.25, 0.3) is 0 Å². The molecule has 3 heterocycles. The molecule has 1 aromatic carbocycles. The lowest BCUT2D eigenvalue weighted by Gasteiger charge is -2.39. The molecule has 1 aliphatic rings. The fourth-order valence-electron chi connectivity index (χ4n) is 2.79. The zero-order chi connectivity index (χ0) is 15.1. The Balaban J connectivity index is 1.53. The maximum absolute atomic E-state index is 5.43. The number of benzene rings is 1. The highest BCUT2D eigenvalue weighted by Gasteiger charge is 2.31. The van der Waals surface area contributed by atoms with Gasteiger partial charge in [-0.25, -0.2) is 20.8 Å². The number of hydrazine groups is 1. The topological polar surface area (TPSA) is 95.7 Å². The predicted molar refractivity (Wildman–Crippen MR) is 85.6 cm³/mol. The molecule has 4 N–H and O–H groups in total. The molecule has 0 aliphatic carbocycles. The molecule has 0 spiro atoms. The monoisotopic (exact) mass is 295 g/mol. The highest BCUT2D eigenvalue weighted by Crippen LogP contribution is 2.30. The van der Waals surface area contributed by atoms with E-state index in [0.717, 1.165) is 35.8 Å². The maximum Gasteiger partial charge on any atom is 0.145 e. The first-order chi connectivity index (χ1) is 10.7. The Bertz CT molecular complexity index is 787. The molecule has 1 saturated heterocycles. The standard InChI is InChI=1S/C15H17N7/c1-9-17-13(21-16)6-14(18-9)22-7-10(8-22)15-19-11-4-2-3-5-12(11)20-15/h2-6,10H,7-8,16H2,1H3,(H,19,20)(H,17,18,21). The van der Waals surface area contributed by atoms with E-state index >= 15 is 0 Å². The average Bonchev–Trinajstić information content (AvgIpc) is 2.88. The molecular weight excluding hydrogens is 278 g/mol. The van der Waals surface area contributed by atoms with Gasteiger partial charge < -0.3 is 15.3 Å². The number of para-hydroxylation sites is 2. The van der Waals surface area contributed by atoms with E-state index in [4.69, 9.17) is 5.84 Å². The summed E-state index contributed by atoms with van der Waals surface area (Å²) in [5, 5.41) is 0. The predicted octanol–water partition coefficient (Wildman–Crippen LogP) is 1.55. The van der Waals surface area contributed by atoms with E-state index in [-0.39, 0.29) is 0 Å². The molecule has 0 unspecified atom stereocenters. The summed E-state index contributed by atoms with van der Waals surface area (Å²) in [5.41, 5.74) is 4.68. The Kier molecular flexibility index (Phi) is 2.93. The van der Waals surface area contributed by atoms with Crippen LogP contribution in [0.25, 0.3) is 11.0 Å². The van der Waals surface area contributed by atoms with Crippen LogP contribution in [0.3, 0.4) is 0 Å². The molecule has 1 fully saturated rings. The summed E-state index contributed by atoms with van der Waals surface area (Å²) in [6.07, 6.45) is 0. The summed E-state index contributed by atoms with van der Waals surface area (Å²) in [7, 11) is 0. The molecule has 3 aromatic rings. The second kappa shape index (κ2) is 4.96. The third-order valence-corrected chi connectivity index (χ3v) is 3.97. The van der Waals surface area contributed by atoms with E-state index in [2.05, 4.69) is 36.3 Å². The number of H-pyrrole nitrogens is 1. The number of aromatic nitrogens is 4. The van der Waals surface area contributed by atoms with E-state index in [1.54, 1.807) is 0 Å². The van der Waals surface area contributed by atoms with Crippen LogP contribution in [0, 0.1) is 6.92 Å². The van der Waals surface area contributed by atoms with Gasteiger partial charge in [0.15, 0.2) is 0 Å². The SMILES string of the molecule is Cc1nc(NN)cc(N2CC(c3nc4ccccc4[nH]3)C2)n1. The van der Waals surface area contributed by atoms with Gasteiger partial charge in [0.2, 0.25) is 0 Å². The fourth-order valence-corrected chi connectivity index (χ4v) is 2.79. The minimum absolute atomic E-state index is 0.400. The number of nitrogens with one attached hydrogen (secondary N) is 2. The minimum Gasteiger partial charge on any atom is -0.355 e. The van der Waals surface area contributed by atoms with Crippen molar-refractivity contribution in [1.29, 1.82) is 0 Å². The average molecular weight is 295 g/mol. The third kappa shape index (κ3) is 2.15. The number of nitrogen functional groups attached to an aromatic ring is 1. The van der Waals surface area contributed by atoms with E-state index in [1.165, 1.54) is 0 Å². The third-order valence-electron chi connectivity index (χ3n) is 3.97. The number of fused-ring (bicyclic) bond motifs is 1. The smallest absolute Gasteiger partial charge is 0.145 e. The summed E-state index contributed by atoms with van der Waals surface area (Å²) in [4.78, 5) is 18.9. The lowest BCUT2D eigenvalue weighted by Crippen LogP contribution is -2.46. The lowest BCUT2D eigenvalue weighted by atomic mass is 9.99. The highest BCUT2D eigenvalue weighted by molar-refractivity contribution is 5.75. The van der Waals surface area contributed by atoms with Crippen LogP contribution in [-0.4, -0.2) is 33.0 Å². The van der Waals surface area contributed by atoms with Crippen molar-refractivity contribution in [2.45, 2.75) is 12.8 Å². The quantitative estimate of drug-likeness (QED) is 0.501.